The molecular formula is C16H17N3. The second kappa shape index (κ2) is 4.35. The fraction of sp³-hybridized carbons (Fsp3) is 0.312. The molecule has 1 aliphatic heterocycles. The van der Waals surface area contributed by atoms with Crippen molar-refractivity contribution in [2.75, 3.05) is 6.54 Å². The smallest absolute Gasteiger partial charge is 0.0651 e. The van der Waals surface area contributed by atoms with Crippen molar-refractivity contribution in [2.45, 2.75) is 25.3 Å². The zero-order chi connectivity index (χ0) is 12.7. The van der Waals surface area contributed by atoms with Gasteiger partial charge in [0.15, 0.2) is 0 Å². The van der Waals surface area contributed by atoms with Crippen molar-refractivity contribution in [3.63, 3.8) is 0 Å². The highest BCUT2D eigenvalue weighted by molar-refractivity contribution is 6.07. The Bertz CT molecular complexity index is 723. The highest BCUT2D eigenvalue weighted by Gasteiger charge is 2.15. The minimum absolute atomic E-state index is 0.518. The average molecular weight is 251 g/mol. The number of aromatic nitrogens is 2. The zero-order valence-corrected chi connectivity index (χ0v) is 10.8. The van der Waals surface area contributed by atoms with E-state index in [-0.39, 0.29) is 0 Å². The van der Waals surface area contributed by atoms with Gasteiger partial charge in [-0.3, -0.25) is 4.98 Å². The molecule has 2 N–H and O–H groups in total. The Labute approximate surface area is 112 Å². The third-order valence-corrected chi connectivity index (χ3v) is 4.14. The van der Waals surface area contributed by atoms with E-state index in [9.17, 15) is 0 Å². The van der Waals surface area contributed by atoms with Gasteiger partial charge in [-0.1, -0.05) is 12.5 Å². The molecule has 1 aromatic carbocycles. The molecule has 3 nitrogen and oxygen atoms in total. The maximum Gasteiger partial charge on any atom is 0.0651 e. The summed E-state index contributed by atoms with van der Waals surface area (Å²) in [5, 5.41) is 6.19. The lowest BCUT2D eigenvalue weighted by Crippen LogP contribution is -2.26. The van der Waals surface area contributed by atoms with Crippen LogP contribution in [0.1, 0.15) is 30.9 Å². The summed E-state index contributed by atoms with van der Waals surface area (Å²) >= 11 is 0. The monoisotopic (exact) mass is 251 g/mol. The van der Waals surface area contributed by atoms with Crippen molar-refractivity contribution in [2.24, 2.45) is 0 Å². The second-order valence-corrected chi connectivity index (χ2v) is 5.35. The topological polar surface area (TPSA) is 40.7 Å². The first-order chi connectivity index (χ1) is 9.42. The van der Waals surface area contributed by atoms with E-state index in [0.29, 0.717) is 6.04 Å². The van der Waals surface area contributed by atoms with Crippen molar-refractivity contribution in [3.8, 4) is 0 Å². The molecule has 1 fully saturated rings. The summed E-state index contributed by atoms with van der Waals surface area (Å²) in [6.45, 7) is 1.14. The molecule has 0 spiro atoms. The van der Waals surface area contributed by atoms with Crippen LogP contribution in [0.25, 0.3) is 21.8 Å². The number of fused-ring (bicyclic) bond motifs is 3. The minimum Gasteiger partial charge on any atom is -0.353 e. The molecule has 1 unspecified atom stereocenters. The first-order valence-corrected chi connectivity index (χ1v) is 7.00. The van der Waals surface area contributed by atoms with Gasteiger partial charge >= 0.3 is 0 Å². The van der Waals surface area contributed by atoms with Crippen LogP contribution in [0.3, 0.4) is 0 Å². The van der Waals surface area contributed by atoms with Crippen LogP contribution >= 0.6 is 0 Å². The number of benzene rings is 1. The number of hydrogen-bond acceptors (Lipinski definition) is 2. The first-order valence-electron chi connectivity index (χ1n) is 7.00. The van der Waals surface area contributed by atoms with E-state index in [1.165, 1.54) is 41.1 Å². The third-order valence-electron chi connectivity index (χ3n) is 4.14. The standard InChI is InChI=1S/C16H17N3/c1-2-7-18-14(3-1)11-4-5-15-13(9-11)12-6-8-17-10-16(12)19-15/h4-6,8-10,14,18-19H,1-3,7H2. The number of aromatic amines is 1. The highest BCUT2D eigenvalue weighted by Crippen LogP contribution is 2.29. The molecule has 1 saturated heterocycles. The summed E-state index contributed by atoms with van der Waals surface area (Å²) in [5.41, 5.74) is 3.72. The van der Waals surface area contributed by atoms with Gasteiger partial charge in [0.25, 0.3) is 0 Å². The molecule has 0 saturated carbocycles. The number of H-pyrrole nitrogens is 1. The number of nitrogens with one attached hydrogen (secondary N) is 2. The predicted molar refractivity (Wildman–Crippen MR) is 78.2 cm³/mol. The SMILES string of the molecule is c1cc2c(cn1)[nH]c1ccc(C3CCCCN3)cc12. The Morgan fingerprint density at radius 1 is 1.05 bits per heavy atom. The van der Waals surface area contributed by atoms with Crippen molar-refractivity contribution < 1.29 is 0 Å². The molecule has 3 aromatic rings. The van der Waals surface area contributed by atoms with Gasteiger partial charge in [-0.15, -0.1) is 0 Å². The number of hydrogen-bond donors (Lipinski definition) is 2. The molecular weight excluding hydrogens is 234 g/mol. The molecule has 0 bridgehead atoms. The van der Waals surface area contributed by atoms with Gasteiger partial charge in [-0.05, 0) is 43.1 Å². The molecule has 0 aliphatic carbocycles. The largest absolute Gasteiger partial charge is 0.353 e. The fourth-order valence-electron chi connectivity index (χ4n) is 3.12. The molecule has 0 radical (unpaired) electrons. The Hall–Kier alpha value is -1.87. The molecule has 3 heterocycles. The number of rotatable bonds is 1. The zero-order valence-electron chi connectivity index (χ0n) is 10.8. The van der Waals surface area contributed by atoms with Crippen molar-refractivity contribution in [1.29, 1.82) is 0 Å². The average Bonchev–Trinajstić information content (AvgIpc) is 2.86. The van der Waals surface area contributed by atoms with Crippen LogP contribution in [-0.2, 0) is 0 Å². The summed E-state index contributed by atoms with van der Waals surface area (Å²) in [7, 11) is 0. The van der Waals surface area contributed by atoms with E-state index in [2.05, 4.69) is 39.6 Å². The van der Waals surface area contributed by atoms with E-state index in [4.69, 9.17) is 0 Å². The summed E-state index contributed by atoms with van der Waals surface area (Å²) < 4.78 is 0. The van der Waals surface area contributed by atoms with Gasteiger partial charge in [0.1, 0.15) is 0 Å². The van der Waals surface area contributed by atoms with E-state index in [0.717, 1.165) is 12.1 Å². The van der Waals surface area contributed by atoms with E-state index in [1.54, 1.807) is 0 Å². The van der Waals surface area contributed by atoms with E-state index >= 15 is 0 Å². The highest BCUT2D eigenvalue weighted by atomic mass is 14.9. The van der Waals surface area contributed by atoms with Gasteiger partial charge < -0.3 is 10.3 Å². The van der Waals surface area contributed by atoms with E-state index in [1.807, 2.05) is 12.4 Å². The van der Waals surface area contributed by atoms with Gasteiger partial charge in [0, 0.05) is 28.5 Å². The molecule has 19 heavy (non-hydrogen) atoms. The fourth-order valence-corrected chi connectivity index (χ4v) is 3.12. The van der Waals surface area contributed by atoms with Crippen molar-refractivity contribution in [1.82, 2.24) is 15.3 Å². The van der Waals surface area contributed by atoms with E-state index < -0.39 is 0 Å². The first kappa shape index (κ1) is 11.0. The summed E-state index contributed by atoms with van der Waals surface area (Å²) in [4.78, 5) is 7.60. The predicted octanol–water partition coefficient (Wildman–Crippen LogP) is 3.53. The molecule has 1 atom stereocenters. The van der Waals surface area contributed by atoms with Gasteiger partial charge in [0.2, 0.25) is 0 Å². The summed E-state index contributed by atoms with van der Waals surface area (Å²) in [5.74, 6) is 0. The van der Waals surface area contributed by atoms with Crippen LogP contribution in [-0.4, -0.2) is 16.5 Å². The molecule has 1 aliphatic rings. The lowest BCUT2D eigenvalue weighted by atomic mass is 9.96. The van der Waals surface area contributed by atoms with Gasteiger partial charge in [-0.25, -0.2) is 0 Å². The van der Waals surface area contributed by atoms with Crippen LogP contribution in [0.2, 0.25) is 0 Å². The number of pyridine rings is 1. The lowest BCUT2D eigenvalue weighted by molar-refractivity contribution is 0.412. The summed E-state index contributed by atoms with van der Waals surface area (Å²) in [6, 6.07) is 9.38. The molecule has 2 aromatic heterocycles. The molecule has 96 valence electrons. The number of piperidine rings is 1. The maximum atomic E-state index is 4.18. The van der Waals surface area contributed by atoms with Crippen LogP contribution in [0.5, 0.6) is 0 Å². The number of nitrogens with zero attached hydrogens (tertiary/aromatic N) is 1. The third kappa shape index (κ3) is 1.81. The minimum atomic E-state index is 0.518. The van der Waals surface area contributed by atoms with Crippen LogP contribution in [0.4, 0.5) is 0 Å². The van der Waals surface area contributed by atoms with Crippen LogP contribution in [0, 0.1) is 0 Å². The Morgan fingerprint density at radius 2 is 2.05 bits per heavy atom. The molecule has 3 heteroatoms. The van der Waals surface area contributed by atoms with Gasteiger partial charge in [0.05, 0.1) is 11.7 Å². The van der Waals surface area contributed by atoms with Crippen LogP contribution < -0.4 is 5.32 Å². The Balaban J connectivity index is 1.87. The van der Waals surface area contributed by atoms with Gasteiger partial charge in [-0.2, -0.15) is 0 Å². The maximum absolute atomic E-state index is 4.18. The summed E-state index contributed by atoms with van der Waals surface area (Å²) in [6.07, 6.45) is 7.63. The second-order valence-electron chi connectivity index (χ2n) is 5.35. The van der Waals surface area contributed by atoms with Crippen molar-refractivity contribution in [3.05, 3.63) is 42.2 Å². The molecule has 0 amide bonds. The Morgan fingerprint density at radius 3 is 2.95 bits per heavy atom. The van der Waals surface area contributed by atoms with Crippen molar-refractivity contribution >= 4 is 21.8 Å². The lowest BCUT2D eigenvalue weighted by Gasteiger charge is -2.23. The molecule has 4 rings (SSSR count). The quantitative estimate of drug-likeness (QED) is 0.694. The van der Waals surface area contributed by atoms with Crippen LogP contribution in [0.15, 0.2) is 36.7 Å². The Kier molecular flexibility index (Phi) is 2.52. The normalized spacial score (nSPS) is 20.1.